The highest BCUT2D eigenvalue weighted by Gasteiger charge is 2.12. The topological polar surface area (TPSA) is 40.7 Å². The molecule has 1 heterocycles. The van der Waals surface area contributed by atoms with Gasteiger partial charge in [0.1, 0.15) is 0 Å². The number of nitrogens with one attached hydrogen (secondary N) is 2. The van der Waals surface area contributed by atoms with Crippen LogP contribution in [0.5, 0.6) is 0 Å². The highest BCUT2D eigenvalue weighted by atomic mass is 15.1. The highest BCUT2D eigenvalue weighted by Crippen LogP contribution is 2.23. The van der Waals surface area contributed by atoms with Gasteiger partial charge in [0, 0.05) is 6.54 Å². The summed E-state index contributed by atoms with van der Waals surface area (Å²) in [7, 11) is 0. The summed E-state index contributed by atoms with van der Waals surface area (Å²) in [4.78, 5) is 0. The SMILES string of the molecule is Cc1n[nH]c(C)c1NCc1ccc(C(C)(C)C)cc1. The molecule has 2 N–H and O–H groups in total. The van der Waals surface area contributed by atoms with Crippen LogP contribution in [0.4, 0.5) is 5.69 Å². The molecule has 0 amide bonds. The van der Waals surface area contributed by atoms with Crippen LogP contribution in [-0.2, 0) is 12.0 Å². The van der Waals surface area contributed by atoms with Crippen LogP contribution < -0.4 is 5.32 Å². The number of benzene rings is 1. The summed E-state index contributed by atoms with van der Waals surface area (Å²) in [5.41, 5.74) is 6.08. The molecule has 0 fully saturated rings. The molecule has 0 saturated heterocycles. The quantitative estimate of drug-likeness (QED) is 0.874. The standard InChI is InChI=1S/C16H23N3/c1-11-15(12(2)19-18-11)17-10-13-6-8-14(9-7-13)16(3,4)5/h6-9,17H,10H2,1-5H3,(H,18,19). The number of hydrogen-bond donors (Lipinski definition) is 2. The van der Waals surface area contributed by atoms with Crippen molar-refractivity contribution in [3.8, 4) is 0 Å². The summed E-state index contributed by atoms with van der Waals surface area (Å²) in [6.07, 6.45) is 0. The minimum Gasteiger partial charge on any atom is -0.378 e. The molecular formula is C16H23N3. The zero-order chi connectivity index (χ0) is 14.0. The van der Waals surface area contributed by atoms with Crippen molar-refractivity contribution in [1.82, 2.24) is 10.2 Å². The largest absolute Gasteiger partial charge is 0.378 e. The van der Waals surface area contributed by atoms with E-state index in [0.29, 0.717) is 0 Å². The minimum absolute atomic E-state index is 0.212. The van der Waals surface area contributed by atoms with Gasteiger partial charge < -0.3 is 5.32 Å². The van der Waals surface area contributed by atoms with Gasteiger partial charge in [-0.3, -0.25) is 5.10 Å². The predicted molar refractivity (Wildman–Crippen MR) is 80.5 cm³/mol. The molecule has 0 atom stereocenters. The Kier molecular flexibility index (Phi) is 3.65. The van der Waals surface area contributed by atoms with E-state index in [1.165, 1.54) is 11.1 Å². The van der Waals surface area contributed by atoms with Gasteiger partial charge in [0.15, 0.2) is 0 Å². The van der Waals surface area contributed by atoms with Crippen molar-refractivity contribution < 1.29 is 0 Å². The summed E-state index contributed by atoms with van der Waals surface area (Å²) >= 11 is 0. The monoisotopic (exact) mass is 257 g/mol. The first-order valence-electron chi connectivity index (χ1n) is 6.73. The Morgan fingerprint density at radius 2 is 1.74 bits per heavy atom. The van der Waals surface area contributed by atoms with Crippen LogP contribution >= 0.6 is 0 Å². The molecule has 0 aliphatic carbocycles. The average Bonchev–Trinajstić information content (AvgIpc) is 2.66. The maximum atomic E-state index is 4.19. The molecule has 1 aromatic carbocycles. The van der Waals surface area contributed by atoms with Gasteiger partial charge in [-0.25, -0.2) is 0 Å². The van der Waals surface area contributed by atoms with Crippen LogP contribution in [0.15, 0.2) is 24.3 Å². The molecular weight excluding hydrogens is 234 g/mol. The van der Waals surface area contributed by atoms with E-state index in [4.69, 9.17) is 0 Å². The number of aryl methyl sites for hydroxylation is 2. The van der Waals surface area contributed by atoms with E-state index in [2.05, 4.69) is 60.6 Å². The summed E-state index contributed by atoms with van der Waals surface area (Å²) in [5.74, 6) is 0. The number of anilines is 1. The second kappa shape index (κ2) is 5.08. The van der Waals surface area contributed by atoms with Crippen molar-refractivity contribution in [2.45, 2.75) is 46.6 Å². The number of hydrogen-bond acceptors (Lipinski definition) is 2. The summed E-state index contributed by atoms with van der Waals surface area (Å²) < 4.78 is 0. The van der Waals surface area contributed by atoms with Gasteiger partial charge >= 0.3 is 0 Å². The number of rotatable bonds is 3. The zero-order valence-electron chi connectivity index (χ0n) is 12.5. The minimum atomic E-state index is 0.212. The molecule has 3 heteroatoms. The molecule has 0 bridgehead atoms. The highest BCUT2D eigenvalue weighted by molar-refractivity contribution is 5.51. The third-order valence-electron chi connectivity index (χ3n) is 3.42. The van der Waals surface area contributed by atoms with Crippen molar-refractivity contribution in [2.24, 2.45) is 0 Å². The Morgan fingerprint density at radius 1 is 1.11 bits per heavy atom. The van der Waals surface area contributed by atoms with Crippen molar-refractivity contribution in [3.63, 3.8) is 0 Å². The maximum absolute atomic E-state index is 4.19. The molecule has 102 valence electrons. The Labute approximate surface area is 115 Å². The van der Waals surface area contributed by atoms with Crippen LogP contribution in [0.3, 0.4) is 0 Å². The third kappa shape index (κ3) is 3.16. The van der Waals surface area contributed by atoms with Gasteiger partial charge in [-0.15, -0.1) is 0 Å². The van der Waals surface area contributed by atoms with Crippen molar-refractivity contribution in [2.75, 3.05) is 5.32 Å². The second-order valence-electron chi connectivity index (χ2n) is 6.11. The molecule has 0 aliphatic heterocycles. The first kappa shape index (κ1) is 13.7. The fourth-order valence-electron chi connectivity index (χ4n) is 2.12. The molecule has 0 unspecified atom stereocenters. The van der Waals surface area contributed by atoms with Crippen molar-refractivity contribution >= 4 is 5.69 Å². The molecule has 2 aromatic rings. The van der Waals surface area contributed by atoms with E-state index in [1.807, 2.05) is 13.8 Å². The molecule has 19 heavy (non-hydrogen) atoms. The number of nitrogens with zero attached hydrogens (tertiary/aromatic N) is 1. The lowest BCUT2D eigenvalue weighted by Crippen LogP contribution is -2.11. The number of H-pyrrole nitrogens is 1. The Morgan fingerprint density at radius 3 is 2.21 bits per heavy atom. The van der Waals surface area contributed by atoms with E-state index in [1.54, 1.807) is 0 Å². The Balaban J connectivity index is 2.05. The van der Waals surface area contributed by atoms with Crippen LogP contribution in [0.2, 0.25) is 0 Å². The van der Waals surface area contributed by atoms with Crippen molar-refractivity contribution in [1.29, 1.82) is 0 Å². The van der Waals surface area contributed by atoms with Crippen molar-refractivity contribution in [3.05, 3.63) is 46.8 Å². The average molecular weight is 257 g/mol. The molecule has 0 radical (unpaired) electrons. The van der Waals surface area contributed by atoms with E-state index in [-0.39, 0.29) is 5.41 Å². The second-order valence-corrected chi connectivity index (χ2v) is 6.11. The van der Waals surface area contributed by atoms with E-state index >= 15 is 0 Å². The number of aromatic nitrogens is 2. The predicted octanol–water partition coefficient (Wildman–Crippen LogP) is 3.94. The van der Waals surface area contributed by atoms with Crippen LogP contribution in [-0.4, -0.2) is 10.2 Å². The molecule has 3 nitrogen and oxygen atoms in total. The van der Waals surface area contributed by atoms with Gasteiger partial charge in [0.25, 0.3) is 0 Å². The van der Waals surface area contributed by atoms with Gasteiger partial charge in [-0.2, -0.15) is 5.10 Å². The lowest BCUT2D eigenvalue weighted by Gasteiger charge is -2.19. The summed E-state index contributed by atoms with van der Waals surface area (Å²) in [6, 6.07) is 8.81. The zero-order valence-corrected chi connectivity index (χ0v) is 12.5. The maximum Gasteiger partial charge on any atom is 0.0825 e. The molecule has 0 aliphatic rings. The first-order chi connectivity index (χ1) is 8.88. The fraction of sp³-hybridized carbons (Fsp3) is 0.438. The lowest BCUT2D eigenvalue weighted by atomic mass is 9.87. The van der Waals surface area contributed by atoms with Crippen LogP contribution in [0, 0.1) is 13.8 Å². The van der Waals surface area contributed by atoms with E-state index in [0.717, 1.165) is 23.6 Å². The summed E-state index contributed by atoms with van der Waals surface area (Å²) in [6.45, 7) is 11.6. The van der Waals surface area contributed by atoms with Gasteiger partial charge in [0.2, 0.25) is 0 Å². The molecule has 2 rings (SSSR count). The summed E-state index contributed by atoms with van der Waals surface area (Å²) in [5, 5.41) is 10.6. The molecule has 0 spiro atoms. The van der Waals surface area contributed by atoms with Gasteiger partial charge in [0.05, 0.1) is 17.1 Å². The van der Waals surface area contributed by atoms with Gasteiger partial charge in [-0.05, 0) is 30.4 Å². The van der Waals surface area contributed by atoms with Gasteiger partial charge in [-0.1, -0.05) is 45.0 Å². The Hall–Kier alpha value is -1.77. The number of aromatic amines is 1. The lowest BCUT2D eigenvalue weighted by molar-refractivity contribution is 0.590. The molecule has 0 saturated carbocycles. The first-order valence-corrected chi connectivity index (χ1v) is 6.73. The van der Waals surface area contributed by atoms with E-state index < -0.39 is 0 Å². The van der Waals surface area contributed by atoms with Crippen LogP contribution in [0.1, 0.15) is 43.3 Å². The normalized spacial score (nSPS) is 11.6. The molecule has 1 aromatic heterocycles. The third-order valence-corrected chi connectivity index (χ3v) is 3.42. The smallest absolute Gasteiger partial charge is 0.0825 e. The van der Waals surface area contributed by atoms with E-state index in [9.17, 15) is 0 Å². The Bertz CT molecular complexity index is 525. The van der Waals surface area contributed by atoms with Crippen LogP contribution in [0.25, 0.3) is 0 Å². The fourth-order valence-corrected chi connectivity index (χ4v) is 2.12.